The van der Waals surface area contributed by atoms with Gasteiger partial charge in [0.05, 0.1) is 6.54 Å². The van der Waals surface area contributed by atoms with Gasteiger partial charge in [0.15, 0.2) is 0 Å². The molecule has 120 valence electrons. The summed E-state index contributed by atoms with van der Waals surface area (Å²) in [5.74, 6) is -0.239. The Hall–Kier alpha value is -1.24. The minimum absolute atomic E-state index is 0.0244. The number of hydrogen-bond acceptors (Lipinski definition) is 3. The Morgan fingerprint density at radius 3 is 2.38 bits per heavy atom. The van der Waals surface area contributed by atoms with Crippen LogP contribution in [0.25, 0.3) is 0 Å². The van der Waals surface area contributed by atoms with Gasteiger partial charge < -0.3 is 10.6 Å². The van der Waals surface area contributed by atoms with Crippen LogP contribution in [0, 0.1) is 5.92 Å². The Morgan fingerprint density at radius 2 is 1.81 bits per heavy atom. The van der Waals surface area contributed by atoms with Crippen molar-refractivity contribution in [3.63, 3.8) is 0 Å². The molecule has 21 heavy (non-hydrogen) atoms. The molecule has 0 spiro atoms. The SMILES string of the molecule is NC(=O)[C@@H]1CCCN1C(=O)CC1CCN(CC(F)F)CC1. The van der Waals surface area contributed by atoms with E-state index in [-0.39, 0.29) is 18.4 Å². The van der Waals surface area contributed by atoms with Crippen LogP contribution in [0.1, 0.15) is 32.1 Å². The summed E-state index contributed by atoms with van der Waals surface area (Å²) < 4.78 is 24.6. The molecule has 2 amide bonds. The van der Waals surface area contributed by atoms with Gasteiger partial charge in [0.25, 0.3) is 6.43 Å². The highest BCUT2D eigenvalue weighted by Gasteiger charge is 2.34. The van der Waals surface area contributed by atoms with E-state index in [0.717, 1.165) is 19.3 Å². The van der Waals surface area contributed by atoms with Crippen molar-refractivity contribution in [2.75, 3.05) is 26.2 Å². The van der Waals surface area contributed by atoms with Crippen LogP contribution in [0.2, 0.25) is 0 Å². The smallest absolute Gasteiger partial charge is 0.251 e. The van der Waals surface area contributed by atoms with Crippen LogP contribution in [-0.4, -0.2) is 60.3 Å². The molecule has 0 unspecified atom stereocenters. The van der Waals surface area contributed by atoms with Crippen molar-refractivity contribution in [2.45, 2.75) is 44.6 Å². The molecule has 2 aliphatic rings. The summed E-state index contributed by atoms with van der Waals surface area (Å²) in [5.41, 5.74) is 5.31. The Bertz CT molecular complexity index is 384. The Balaban J connectivity index is 1.78. The molecule has 2 rings (SSSR count). The van der Waals surface area contributed by atoms with Gasteiger partial charge in [-0.1, -0.05) is 0 Å². The fourth-order valence-electron chi connectivity index (χ4n) is 3.29. The molecule has 2 N–H and O–H groups in total. The van der Waals surface area contributed by atoms with Crippen molar-refractivity contribution in [1.82, 2.24) is 9.80 Å². The molecule has 0 aromatic carbocycles. The molecular formula is C14H23F2N3O2. The van der Waals surface area contributed by atoms with E-state index < -0.39 is 18.4 Å². The number of halogens is 2. The standard InChI is InChI=1S/C14H23F2N3O2/c15-12(16)9-18-6-3-10(4-7-18)8-13(20)19-5-1-2-11(19)14(17)21/h10-12H,1-9H2,(H2,17,21)/t11-/m0/s1. The van der Waals surface area contributed by atoms with E-state index in [9.17, 15) is 18.4 Å². The molecule has 2 saturated heterocycles. The molecule has 7 heteroatoms. The van der Waals surface area contributed by atoms with Gasteiger partial charge in [-0.2, -0.15) is 0 Å². The molecule has 0 radical (unpaired) electrons. The number of likely N-dealkylation sites (tertiary alicyclic amines) is 2. The lowest BCUT2D eigenvalue weighted by Crippen LogP contribution is -2.45. The number of piperidine rings is 1. The van der Waals surface area contributed by atoms with Crippen molar-refractivity contribution in [1.29, 1.82) is 0 Å². The van der Waals surface area contributed by atoms with Crippen LogP contribution >= 0.6 is 0 Å². The number of nitrogens with zero attached hydrogens (tertiary/aromatic N) is 2. The fourth-order valence-corrected chi connectivity index (χ4v) is 3.29. The van der Waals surface area contributed by atoms with E-state index in [0.29, 0.717) is 32.5 Å². The first kappa shape index (κ1) is 16.1. The first-order valence-corrected chi connectivity index (χ1v) is 7.56. The lowest BCUT2D eigenvalue weighted by molar-refractivity contribution is -0.138. The average molecular weight is 303 g/mol. The van der Waals surface area contributed by atoms with Crippen molar-refractivity contribution in [3.8, 4) is 0 Å². The van der Waals surface area contributed by atoms with Gasteiger partial charge in [-0.3, -0.25) is 14.5 Å². The lowest BCUT2D eigenvalue weighted by Gasteiger charge is -2.32. The predicted octanol–water partition coefficient (Wildman–Crippen LogP) is 0.830. The second kappa shape index (κ2) is 7.15. The summed E-state index contributed by atoms with van der Waals surface area (Å²) in [6, 6.07) is -0.462. The number of hydrogen-bond donors (Lipinski definition) is 1. The third kappa shape index (κ3) is 4.36. The second-order valence-corrected chi connectivity index (χ2v) is 5.99. The lowest BCUT2D eigenvalue weighted by atomic mass is 9.93. The number of carbonyl (C=O) groups is 2. The molecule has 0 bridgehead atoms. The maximum Gasteiger partial charge on any atom is 0.251 e. The van der Waals surface area contributed by atoms with Gasteiger partial charge in [0.1, 0.15) is 6.04 Å². The van der Waals surface area contributed by atoms with E-state index >= 15 is 0 Å². The van der Waals surface area contributed by atoms with Crippen LogP contribution in [0.5, 0.6) is 0 Å². The summed E-state index contributed by atoms with van der Waals surface area (Å²) in [5, 5.41) is 0. The van der Waals surface area contributed by atoms with E-state index in [1.165, 1.54) is 0 Å². The van der Waals surface area contributed by atoms with Crippen molar-refractivity contribution < 1.29 is 18.4 Å². The predicted molar refractivity (Wildman–Crippen MR) is 73.7 cm³/mol. The molecule has 0 aromatic heterocycles. The maximum absolute atomic E-state index is 12.3. The molecule has 1 atom stereocenters. The Morgan fingerprint density at radius 1 is 1.14 bits per heavy atom. The van der Waals surface area contributed by atoms with E-state index in [1.807, 2.05) is 0 Å². The fraction of sp³-hybridized carbons (Fsp3) is 0.857. The third-order valence-electron chi connectivity index (χ3n) is 4.47. The van der Waals surface area contributed by atoms with Crippen molar-refractivity contribution >= 4 is 11.8 Å². The van der Waals surface area contributed by atoms with Gasteiger partial charge in [-0.05, 0) is 44.7 Å². The highest BCUT2D eigenvalue weighted by molar-refractivity contribution is 5.87. The summed E-state index contributed by atoms with van der Waals surface area (Å²) in [6.07, 6.45) is 1.07. The number of nitrogens with two attached hydrogens (primary N) is 1. The second-order valence-electron chi connectivity index (χ2n) is 5.99. The summed E-state index contributed by atoms with van der Waals surface area (Å²) >= 11 is 0. The number of amides is 2. The molecule has 2 heterocycles. The zero-order valence-electron chi connectivity index (χ0n) is 12.1. The molecule has 0 aliphatic carbocycles. The highest BCUT2D eigenvalue weighted by atomic mass is 19.3. The molecule has 2 aliphatic heterocycles. The van der Waals surface area contributed by atoms with E-state index in [1.54, 1.807) is 9.80 Å². The Labute approximate surface area is 123 Å². The van der Waals surface area contributed by atoms with Crippen molar-refractivity contribution in [2.24, 2.45) is 11.7 Å². The molecular weight excluding hydrogens is 280 g/mol. The third-order valence-corrected chi connectivity index (χ3v) is 4.47. The molecule has 5 nitrogen and oxygen atoms in total. The van der Waals surface area contributed by atoms with Crippen molar-refractivity contribution in [3.05, 3.63) is 0 Å². The van der Waals surface area contributed by atoms with E-state index in [2.05, 4.69) is 0 Å². The topological polar surface area (TPSA) is 66.6 Å². The van der Waals surface area contributed by atoms with Crippen LogP contribution in [0.15, 0.2) is 0 Å². The number of rotatable bonds is 5. The summed E-state index contributed by atoms with van der Waals surface area (Å²) in [6.45, 7) is 1.64. The maximum atomic E-state index is 12.3. The van der Waals surface area contributed by atoms with E-state index in [4.69, 9.17) is 5.73 Å². The van der Waals surface area contributed by atoms with Gasteiger partial charge in [0.2, 0.25) is 11.8 Å². The summed E-state index contributed by atoms with van der Waals surface area (Å²) in [4.78, 5) is 26.9. The normalized spacial score (nSPS) is 24.7. The van der Waals surface area contributed by atoms with Gasteiger partial charge in [0, 0.05) is 13.0 Å². The van der Waals surface area contributed by atoms with Crippen LogP contribution in [-0.2, 0) is 9.59 Å². The minimum atomic E-state index is -2.30. The van der Waals surface area contributed by atoms with Crippen LogP contribution in [0.3, 0.4) is 0 Å². The minimum Gasteiger partial charge on any atom is -0.368 e. The molecule has 2 fully saturated rings. The first-order valence-electron chi connectivity index (χ1n) is 7.56. The zero-order chi connectivity index (χ0) is 15.4. The average Bonchev–Trinajstić information content (AvgIpc) is 2.90. The Kier molecular flexibility index (Phi) is 5.50. The first-order chi connectivity index (χ1) is 9.97. The van der Waals surface area contributed by atoms with Gasteiger partial charge in [-0.25, -0.2) is 8.78 Å². The van der Waals surface area contributed by atoms with Gasteiger partial charge >= 0.3 is 0 Å². The van der Waals surface area contributed by atoms with Gasteiger partial charge in [-0.15, -0.1) is 0 Å². The highest BCUT2D eigenvalue weighted by Crippen LogP contribution is 2.25. The quantitative estimate of drug-likeness (QED) is 0.818. The largest absolute Gasteiger partial charge is 0.368 e. The number of alkyl halides is 2. The molecule has 0 saturated carbocycles. The molecule has 0 aromatic rings. The number of carbonyl (C=O) groups excluding carboxylic acids is 2. The van der Waals surface area contributed by atoms with Crippen LogP contribution in [0.4, 0.5) is 8.78 Å². The zero-order valence-corrected chi connectivity index (χ0v) is 12.1. The monoisotopic (exact) mass is 303 g/mol. The summed E-state index contributed by atoms with van der Waals surface area (Å²) in [7, 11) is 0. The van der Waals surface area contributed by atoms with Crippen LogP contribution < -0.4 is 5.73 Å². The number of primary amides is 1.